The van der Waals surface area contributed by atoms with E-state index in [4.69, 9.17) is 0 Å². The Kier molecular flexibility index (Phi) is 6.63. The average molecular weight is 157 g/mol. The highest BCUT2D eigenvalue weighted by atomic mass is 16.3. The van der Waals surface area contributed by atoms with Gasteiger partial charge in [0.15, 0.2) is 0 Å². The summed E-state index contributed by atoms with van der Waals surface area (Å²) >= 11 is 0. The summed E-state index contributed by atoms with van der Waals surface area (Å²) in [4.78, 5) is 0. The Balaban J connectivity index is 3.15. The first-order chi connectivity index (χ1) is 5.16. The zero-order valence-electron chi connectivity index (χ0n) is 8.10. The van der Waals surface area contributed by atoms with E-state index in [2.05, 4.69) is 13.8 Å². The van der Waals surface area contributed by atoms with Crippen LogP contribution in [0.2, 0.25) is 0 Å². The van der Waals surface area contributed by atoms with Crippen LogP contribution in [0.3, 0.4) is 0 Å². The van der Waals surface area contributed by atoms with Gasteiger partial charge < -0.3 is 0 Å². The van der Waals surface area contributed by atoms with Crippen molar-refractivity contribution in [2.45, 2.75) is 59.0 Å². The first-order valence-electron chi connectivity index (χ1n) is 4.82. The van der Waals surface area contributed by atoms with E-state index in [0.29, 0.717) is 5.92 Å². The third-order valence-electron chi connectivity index (χ3n) is 2.03. The molecule has 0 aliphatic heterocycles. The second kappa shape index (κ2) is 6.66. The number of rotatable bonds is 6. The second-order valence-electron chi connectivity index (χ2n) is 3.65. The van der Waals surface area contributed by atoms with E-state index in [1.807, 2.05) is 0 Å². The van der Waals surface area contributed by atoms with Crippen molar-refractivity contribution in [3.63, 3.8) is 0 Å². The maximum absolute atomic E-state index is 10.8. The summed E-state index contributed by atoms with van der Waals surface area (Å²) in [6.07, 6.45) is 5.61. The molecule has 0 aliphatic carbocycles. The maximum atomic E-state index is 10.8. The molecule has 0 amide bonds. The smallest absolute Gasteiger partial charge is 0.0904 e. The molecule has 0 rings (SSSR count). The molecule has 11 heavy (non-hydrogen) atoms. The molecule has 0 spiro atoms. The third-order valence-corrected chi connectivity index (χ3v) is 2.03. The van der Waals surface area contributed by atoms with Gasteiger partial charge >= 0.3 is 0 Å². The molecule has 0 N–H and O–H groups in total. The summed E-state index contributed by atoms with van der Waals surface area (Å²) in [7, 11) is 0. The molecule has 0 aromatic heterocycles. The van der Waals surface area contributed by atoms with E-state index in [-0.39, 0.29) is 6.10 Å². The van der Waals surface area contributed by atoms with Gasteiger partial charge in [-0.05, 0) is 19.3 Å². The van der Waals surface area contributed by atoms with Crippen LogP contribution < -0.4 is 0 Å². The van der Waals surface area contributed by atoms with Crippen LogP contribution in [0.5, 0.6) is 0 Å². The van der Waals surface area contributed by atoms with Crippen molar-refractivity contribution in [3.05, 3.63) is 0 Å². The molecule has 2 unspecified atom stereocenters. The number of hydrogen-bond donors (Lipinski definition) is 0. The molecule has 0 fully saturated rings. The van der Waals surface area contributed by atoms with Gasteiger partial charge in [-0.15, -0.1) is 0 Å². The lowest BCUT2D eigenvalue weighted by Crippen LogP contribution is -2.05. The highest BCUT2D eigenvalue weighted by Crippen LogP contribution is 2.14. The van der Waals surface area contributed by atoms with Crippen LogP contribution in [-0.2, 0) is 5.11 Å². The van der Waals surface area contributed by atoms with Gasteiger partial charge in [0.1, 0.15) is 0 Å². The highest BCUT2D eigenvalue weighted by Gasteiger charge is 2.05. The van der Waals surface area contributed by atoms with Crippen LogP contribution >= 0.6 is 0 Å². The van der Waals surface area contributed by atoms with Gasteiger partial charge in [0, 0.05) is 0 Å². The maximum Gasteiger partial charge on any atom is 0.0904 e. The summed E-state index contributed by atoms with van der Waals surface area (Å²) in [5, 5.41) is 10.8. The van der Waals surface area contributed by atoms with E-state index in [9.17, 15) is 5.11 Å². The fourth-order valence-corrected chi connectivity index (χ4v) is 1.43. The van der Waals surface area contributed by atoms with E-state index in [1.54, 1.807) is 6.92 Å². The molecule has 0 saturated carbocycles. The van der Waals surface area contributed by atoms with Gasteiger partial charge in [-0.2, -0.15) is 0 Å². The van der Waals surface area contributed by atoms with Crippen LogP contribution in [-0.4, -0.2) is 6.10 Å². The van der Waals surface area contributed by atoms with Crippen molar-refractivity contribution in [2.24, 2.45) is 5.92 Å². The van der Waals surface area contributed by atoms with Gasteiger partial charge in [0.05, 0.1) is 6.10 Å². The van der Waals surface area contributed by atoms with Gasteiger partial charge in [-0.1, -0.05) is 39.5 Å². The zero-order valence-corrected chi connectivity index (χ0v) is 8.10. The molecule has 0 aromatic carbocycles. The Labute approximate surface area is 70.8 Å². The number of hydrogen-bond acceptors (Lipinski definition) is 0. The minimum Gasteiger partial charge on any atom is -0.233 e. The van der Waals surface area contributed by atoms with E-state index in [0.717, 1.165) is 6.42 Å². The fourth-order valence-electron chi connectivity index (χ4n) is 1.43. The quantitative estimate of drug-likeness (QED) is 0.526. The molecular formula is C10H21O. The molecule has 1 nitrogen and oxygen atoms in total. The predicted molar refractivity (Wildman–Crippen MR) is 48.1 cm³/mol. The minimum atomic E-state index is -0.369. The SMILES string of the molecule is CCCCCC(C)CC(C)[O]. The normalized spacial score (nSPS) is 16.4. The molecule has 0 heterocycles. The van der Waals surface area contributed by atoms with Gasteiger partial charge in [0.2, 0.25) is 0 Å². The first kappa shape index (κ1) is 11.0. The van der Waals surface area contributed by atoms with Gasteiger partial charge in [-0.3, -0.25) is 0 Å². The zero-order chi connectivity index (χ0) is 8.69. The molecule has 0 aliphatic rings. The lowest BCUT2D eigenvalue weighted by Gasteiger charge is -2.10. The molecule has 0 aromatic rings. The summed E-state index contributed by atoms with van der Waals surface area (Å²) in [5.74, 6) is 0.633. The predicted octanol–water partition coefficient (Wildman–Crippen LogP) is 3.41. The third kappa shape index (κ3) is 7.86. The summed E-state index contributed by atoms with van der Waals surface area (Å²) in [6, 6.07) is 0. The van der Waals surface area contributed by atoms with Crippen LogP contribution in [0.1, 0.15) is 52.9 Å². The molecule has 2 atom stereocenters. The monoisotopic (exact) mass is 157 g/mol. The van der Waals surface area contributed by atoms with Crippen molar-refractivity contribution in [2.75, 3.05) is 0 Å². The van der Waals surface area contributed by atoms with Crippen molar-refractivity contribution in [1.29, 1.82) is 0 Å². The lowest BCUT2D eigenvalue weighted by atomic mass is 9.98. The van der Waals surface area contributed by atoms with Crippen molar-refractivity contribution < 1.29 is 5.11 Å². The highest BCUT2D eigenvalue weighted by molar-refractivity contribution is 4.57. The Morgan fingerprint density at radius 2 is 1.82 bits per heavy atom. The molecule has 0 bridgehead atoms. The molecule has 0 saturated heterocycles. The Morgan fingerprint density at radius 3 is 2.27 bits per heavy atom. The van der Waals surface area contributed by atoms with Crippen LogP contribution in [0, 0.1) is 5.92 Å². The van der Waals surface area contributed by atoms with Crippen molar-refractivity contribution in [3.8, 4) is 0 Å². The first-order valence-corrected chi connectivity index (χ1v) is 4.82. The molecule has 1 heteroatoms. The van der Waals surface area contributed by atoms with Crippen molar-refractivity contribution in [1.82, 2.24) is 0 Å². The Hall–Kier alpha value is -0.0400. The summed E-state index contributed by atoms with van der Waals surface area (Å²) < 4.78 is 0. The topological polar surface area (TPSA) is 19.9 Å². The number of unbranched alkanes of at least 4 members (excludes halogenated alkanes) is 2. The van der Waals surface area contributed by atoms with Crippen LogP contribution in [0.25, 0.3) is 0 Å². The standard InChI is InChI=1S/C10H21O/c1-4-5-6-7-9(2)8-10(3)11/h9-10H,4-8H2,1-3H3. The van der Waals surface area contributed by atoms with Crippen molar-refractivity contribution >= 4 is 0 Å². The van der Waals surface area contributed by atoms with Gasteiger partial charge in [-0.25, -0.2) is 5.11 Å². The molecular weight excluding hydrogens is 136 g/mol. The van der Waals surface area contributed by atoms with E-state index >= 15 is 0 Å². The lowest BCUT2D eigenvalue weighted by molar-refractivity contribution is 0.0824. The second-order valence-corrected chi connectivity index (χ2v) is 3.65. The Morgan fingerprint density at radius 1 is 1.18 bits per heavy atom. The largest absolute Gasteiger partial charge is 0.233 e. The van der Waals surface area contributed by atoms with Crippen LogP contribution in [0.15, 0.2) is 0 Å². The van der Waals surface area contributed by atoms with E-state index < -0.39 is 0 Å². The molecule has 1 radical (unpaired) electrons. The summed E-state index contributed by atoms with van der Waals surface area (Å²) in [5.41, 5.74) is 0. The summed E-state index contributed by atoms with van der Waals surface area (Å²) in [6.45, 7) is 6.15. The molecule has 67 valence electrons. The van der Waals surface area contributed by atoms with Gasteiger partial charge in [0.25, 0.3) is 0 Å². The average Bonchev–Trinajstić information content (AvgIpc) is 1.86. The van der Waals surface area contributed by atoms with E-state index in [1.165, 1.54) is 25.7 Å². The minimum absolute atomic E-state index is 0.369. The fraction of sp³-hybridized carbons (Fsp3) is 1.00. The Bertz CT molecular complexity index is 78.9. The van der Waals surface area contributed by atoms with Crippen LogP contribution in [0.4, 0.5) is 0 Å².